The maximum Gasteiger partial charge on any atom is 0.263 e. The maximum absolute atomic E-state index is 14.3. The quantitative estimate of drug-likeness (QED) is 0.509. The van der Waals surface area contributed by atoms with Crippen LogP contribution in [0.2, 0.25) is 0 Å². The third-order valence-corrected chi connectivity index (χ3v) is 6.61. The van der Waals surface area contributed by atoms with Crippen molar-refractivity contribution in [3.63, 3.8) is 0 Å². The number of sulfone groups is 1. The highest BCUT2D eigenvalue weighted by Crippen LogP contribution is 2.20. The number of amides is 1. The number of carbonyl (C=O) groups excluding carboxylic acids is 1. The Morgan fingerprint density at radius 3 is 2.66 bits per heavy atom. The molecule has 0 saturated heterocycles. The maximum atomic E-state index is 14.3. The number of rotatable bonds is 8. The van der Waals surface area contributed by atoms with Crippen LogP contribution in [0.5, 0.6) is 0 Å². The monoisotopic (exact) mass is 436 g/mol. The first kappa shape index (κ1) is 21.4. The number of para-hydroxylation sites is 1. The number of halogens is 1. The van der Waals surface area contributed by atoms with Crippen LogP contribution in [0.15, 0.2) is 53.5 Å². The number of fused-ring (bicyclic) bond motifs is 1. The Morgan fingerprint density at radius 1 is 1.17 bits per heavy atom. The zero-order chi connectivity index (χ0) is 20.9. The Bertz CT molecular complexity index is 1170. The first-order chi connectivity index (χ1) is 13.9. The summed E-state index contributed by atoms with van der Waals surface area (Å²) < 4.78 is 46.6. The molecular weight excluding hydrogens is 415 g/mol. The Labute approximate surface area is 172 Å². The van der Waals surface area contributed by atoms with Gasteiger partial charge in [-0.3, -0.25) is 4.79 Å². The summed E-state index contributed by atoms with van der Waals surface area (Å²) in [4.78, 5) is 16.6. The van der Waals surface area contributed by atoms with Crippen molar-refractivity contribution in [2.24, 2.45) is 4.99 Å². The van der Waals surface area contributed by atoms with E-state index in [1.54, 1.807) is 47.0 Å². The summed E-state index contributed by atoms with van der Waals surface area (Å²) in [5.41, 5.74) is 0.937. The Hall–Kier alpha value is -2.36. The van der Waals surface area contributed by atoms with Crippen molar-refractivity contribution in [1.82, 2.24) is 4.57 Å². The molecule has 1 amide bonds. The molecule has 0 unspecified atom stereocenters. The molecule has 3 aromatic rings. The highest BCUT2D eigenvalue weighted by Gasteiger charge is 2.18. The number of hydrogen-bond acceptors (Lipinski definition) is 5. The van der Waals surface area contributed by atoms with Crippen molar-refractivity contribution < 1.29 is 22.3 Å². The molecule has 0 aliphatic heterocycles. The van der Waals surface area contributed by atoms with E-state index < -0.39 is 27.3 Å². The molecule has 0 aliphatic rings. The van der Waals surface area contributed by atoms with Crippen LogP contribution in [0.1, 0.15) is 12.5 Å². The fourth-order valence-corrected chi connectivity index (χ4v) is 5.22. The summed E-state index contributed by atoms with van der Waals surface area (Å²) in [6.07, 6.45) is 0. The van der Waals surface area contributed by atoms with Crippen molar-refractivity contribution in [2.45, 2.75) is 19.2 Å². The zero-order valence-corrected chi connectivity index (χ0v) is 17.5. The molecule has 154 valence electrons. The third-order valence-electron chi connectivity index (χ3n) is 4.11. The molecule has 1 heterocycles. The standard InChI is InChI=1S/C20H21FN2O4S2/c1-2-27-12-11-23-19-16(21)9-6-10-17(19)28-20(23)22-18(24)14-29(25,26)13-15-7-4-3-5-8-15/h3-10H,2,11-14H2,1H3. The molecule has 0 spiro atoms. The first-order valence-corrected chi connectivity index (χ1v) is 11.7. The predicted octanol–water partition coefficient (Wildman–Crippen LogP) is 2.92. The minimum Gasteiger partial charge on any atom is -0.380 e. The molecule has 0 saturated carbocycles. The normalized spacial score (nSPS) is 12.6. The van der Waals surface area contributed by atoms with Gasteiger partial charge in [-0.2, -0.15) is 4.99 Å². The van der Waals surface area contributed by atoms with Gasteiger partial charge in [0.15, 0.2) is 14.6 Å². The number of benzene rings is 2. The average molecular weight is 437 g/mol. The molecule has 3 rings (SSSR count). The lowest BCUT2D eigenvalue weighted by Gasteiger charge is -2.06. The molecular formula is C20H21FN2O4S2. The number of carbonyl (C=O) groups is 1. The van der Waals surface area contributed by atoms with Crippen molar-refractivity contribution in [1.29, 1.82) is 0 Å². The molecule has 6 nitrogen and oxygen atoms in total. The Balaban J connectivity index is 1.89. The van der Waals surface area contributed by atoms with E-state index in [-0.39, 0.29) is 10.6 Å². The molecule has 1 aromatic heterocycles. The summed E-state index contributed by atoms with van der Waals surface area (Å²) in [6, 6.07) is 13.3. The van der Waals surface area contributed by atoms with Crippen LogP contribution in [0.25, 0.3) is 10.2 Å². The summed E-state index contributed by atoms with van der Waals surface area (Å²) in [7, 11) is -3.67. The first-order valence-electron chi connectivity index (χ1n) is 9.07. The number of hydrogen-bond donors (Lipinski definition) is 0. The fourth-order valence-electron chi connectivity index (χ4n) is 2.89. The number of aromatic nitrogens is 1. The second-order valence-electron chi connectivity index (χ2n) is 6.34. The van der Waals surface area contributed by atoms with Crippen LogP contribution in [-0.4, -0.2) is 37.9 Å². The van der Waals surface area contributed by atoms with Crippen molar-refractivity contribution in [2.75, 3.05) is 19.0 Å². The summed E-state index contributed by atoms with van der Waals surface area (Å²) >= 11 is 1.14. The zero-order valence-electron chi connectivity index (χ0n) is 15.9. The van der Waals surface area contributed by atoms with Gasteiger partial charge >= 0.3 is 0 Å². The van der Waals surface area contributed by atoms with Crippen LogP contribution in [-0.2, 0) is 31.7 Å². The lowest BCUT2D eigenvalue weighted by Crippen LogP contribution is -2.23. The molecule has 0 aliphatic carbocycles. The molecule has 29 heavy (non-hydrogen) atoms. The molecule has 0 fully saturated rings. The van der Waals surface area contributed by atoms with E-state index in [4.69, 9.17) is 4.74 Å². The lowest BCUT2D eigenvalue weighted by molar-refractivity contribution is -0.115. The molecule has 2 aromatic carbocycles. The highest BCUT2D eigenvalue weighted by atomic mass is 32.2. The molecule has 0 atom stereocenters. The number of nitrogens with zero attached hydrogens (tertiary/aromatic N) is 2. The van der Waals surface area contributed by atoms with Crippen LogP contribution in [0.3, 0.4) is 0 Å². The molecule has 0 radical (unpaired) electrons. The summed E-state index contributed by atoms with van der Waals surface area (Å²) in [5, 5.41) is 0. The van der Waals surface area contributed by atoms with Gasteiger partial charge in [0.05, 0.1) is 22.6 Å². The second kappa shape index (κ2) is 9.43. The lowest BCUT2D eigenvalue weighted by atomic mass is 10.2. The third kappa shape index (κ3) is 5.59. The minimum absolute atomic E-state index is 0.236. The summed E-state index contributed by atoms with van der Waals surface area (Å²) in [6.45, 7) is 2.99. The number of ether oxygens (including phenoxy) is 1. The van der Waals surface area contributed by atoms with E-state index in [1.807, 2.05) is 6.92 Å². The smallest absolute Gasteiger partial charge is 0.263 e. The number of thiazole rings is 1. The van der Waals surface area contributed by atoms with E-state index in [9.17, 15) is 17.6 Å². The highest BCUT2D eigenvalue weighted by molar-refractivity contribution is 7.91. The van der Waals surface area contributed by atoms with Crippen molar-refractivity contribution in [3.8, 4) is 0 Å². The largest absolute Gasteiger partial charge is 0.380 e. The van der Waals surface area contributed by atoms with Gasteiger partial charge in [-0.25, -0.2) is 12.8 Å². The van der Waals surface area contributed by atoms with Crippen LogP contribution >= 0.6 is 11.3 Å². The van der Waals surface area contributed by atoms with Gasteiger partial charge in [0.25, 0.3) is 5.91 Å². The van der Waals surface area contributed by atoms with Gasteiger partial charge in [0.1, 0.15) is 11.6 Å². The predicted molar refractivity (Wildman–Crippen MR) is 111 cm³/mol. The van der Waals surface area contributed by atoms with Gasteiger partial charge in [0.2, 0.25) is 0 Å². The van der Waals surface area contributed by atoms with Crippen LogP contribution < -0.4 is 4.80 Å². The van der Waals surface area contributed by atoms with E-state index in [1.165, 1.54) is 6.07 Å². The SMILES string of the molecule is CCOCCn1c(=NC(=O)CS(=O)(=O)Cc2ccccc2)sc2cccc(F)c21. The van der Waals surface area contributed by atoms with E-state index in [0.29, 0.717) is 35.5 Å². The van der Waals surface area contributed by atoms with E-state index in [2.05, 4.69) is 4.99 Å². The average Bonchev–Trinajstić information content (AvgIpc) is 3.00. The minimum atomic E-state index is -3.67. The molecule has 0 N–H and O–H groups in total. The van der Waals surface area contributed by atoms with Gasteiger partial charge in [-0.05, 0) is 24.6 Å². The van der Waals surface area contributed by atoms with E-state index >= 15 is 0 Å². The van der Waals surface area contributed by atoms with Crippen LogP contribution in [0, 0.1) is 5.82 Å². The van der Waals surface area contributed by atoms with Crippen molar-refractivity contribution in [3.05, 3.63) is 64.7 Å². The van der Waals surface area contributed by atoms with Gasteiger partial charge < -0.3 is 9.30 Å². The molecule has 0 bridgehead atoms. The Morgan fingerprint density at radius 2 is 1.93 bits per heavy atom. The second-order valence-corrected chi connectivity index (χ2v) is 9.42. The van der Waals surface area contributed by atoms with Gasteiger partial charge in [0, 0.05) is 13.2 Å². The summed E-state index contributed by atoms with van der Waals surface area (Å²) in [5.74, 6) is -2.15. The van der Waals surface area contributed by atoms with E-state index in [0.717, 1.165) is 11.3 Å². The fraction of sp³-hybridized carbons (Fsp3) is 0.300. The Kier molecular flexibility index (Phi) is 6.94. The molecule has 9 heteroatoms. The van der Waals surface area contributed by atoms with Crippen LogP contribution in [0.4, 0.5) is 4.39 Å². The van der Waals surface area contributed by atoms with Crippen molar-refractivity contribution >= 4 is 37.3 Å². The van der Waals surface area contributed by atoms with Gasteiger partial charge in [-0.1, -0.05) is 47.7 Å². The van der Waals surface area contributed by atoms with Gasteiger partial charge in [-0.15, -0.1) is 0 Å². The topological polar surface area (TPSA) is 77.7 Å².